The van der Waals surface area contributed by atoms with Crippen molar-refractivity contribution in [1.82, 2.24) is 0 Å². The largest absolute Gasteiger partial charge is 0.327 e. The number of halogens is 1. The smallest absolute Gasteiger partial charge is 0.0207 e. The third-order valence-electron chi connectivity index (χ3n) is 3.92. The Balaban J connectivity index is 1.95. The van der Waals surface area contributed by atoms with Gasteiger partial charge >= 0.3 is 0 Å². The Morgan fingerprint density at radius 1 is 1.12 bits per heavy atom. The number of rotatable bonds is 3. The molecule has 17 heavy (non-hydrogen) atoms. The van der Waals surface area contributed by atoms with Crippen LogP contribution in [0.3, 0.4) is 0 Å². The van der Waals surface area contributed by atoms with Crippen molar-refractivity contribution in [3.05, 3.63) is 34.3 Å². The third kappa shape index (κ3) is 3.82. The summed E-state index contributed by atoms with van der Waals surface area (Å²) < 4.78 is 1.20. The second-order valence-electron chi connectivity index (χ2n) is 5.21. The number of hydrogen-bond donors (Lipinski definition) is 1. The van der Waals surface area contributed by atoms with E-state index in [2.05, 4.69) is 40.2 Å². The number of benzene rings is 1. The first-order valence-corrected chi connectivity index (χ1v) is 7.55. The number of nitrogens with two attached hydrogens (primary N) is 1. The molecule has 1 aromatic rings. The van der Waals surface area contributed by atoms with Crippen molar-refractivity contribution in [3.8, 4) is 0 Å². The van der Waals surface area contributed by atoms with Crippen LogP contribution < -0.4 is 5.73 Å². The van der Waals surface area contributed by atoms with Gasteiger partial charge in [0, 0.05) is 10.5 Å². The molecule has 94 valence electrons. The fraction of sp³-hybridized carbons (Fsp3) is 0.600. The molecule has 2 N–H and O–H groups in total. The van der Waals surface area contributed by atoms with Crippen molar-refractivity contribution in [3.63, 3.8) is 0 Å². The van der Waals surface area contributed by atoms with Gasteiger partial charge in [0.15, 0.2) is 0 Å². The maximum atomic E-state index is 6.40. The van der Waals surface area contributed by atoms with Crippen LogP contribution in [0.15, 0.2) is 28.7 Å². The van der Waals surface area contributed by atoms with Crippen molar-refractivity contribution < 1.29 is 0 Å². The van der Waals surface area contributed by atoms with E-state index in [1.807, 2.05) is 0 Å². The summed E-state index contributed by atoms with van der Waals surface area (Å²) in [5, 5.41) is 0. The van der Waals surface area contributed by atoms with Gasteiger partial charge in [-0.25, -0.2) is 0 Å². The molecule has 0 heterocycles. The van der Waals surface area contributed by atoms with E-state index in [1.165, 1.54) is 48.6 Å². The topological polar surface area (TPSA) is 26.0 Å². The SMILES string of the molecule is NC(Cc1ccccc1Br)C1CCCCCC1. The Morgan fingerprint density at radius 3 is 2.41 bits per heavy atom. The van der Waals surface area contributed by atoms with Crippen LogP contribution in [-0.2, 0) is 6.42 Å². The molecule has 1 saturated carbocycles. The lowest BCUT2D eigenvalue weighted by Gasteiger charge is -2.22. The highest BCUT2D eigenvalue weighted by Crippen LogP contribution is 2.27. The zero-order valence-corrected chi connectivity index (χ0v) is 12.0. The van der Waals surface area contributed by atoms with E-state index >= 15 is 0 Å². The average Bonchev–Trinajstić information content (AvgIpc) is 2.61. The molecule has 0 amide bonds. The summed E-state index contributed by atoms with van der Waals surface area (Å²) in [4.78, 5) is 0. The normalized spacial score (nSPS) is 19.9. The lowest BCUT2D eigenvalue weighted by molar-refractivity contribution is 0.372. The minimum absolute atomic E-state index is 0.326. The van der Waals surface area contributed by atoms with Crippen molar-refractivity contribution >= 4 is 15.9 Å². The van der Waals surface area contributed by atoms with Gasteiger partial charge in [-0.1, -0.05) is 59.8 Å². The van der Waals surface area contributed by atoms with Crippen LogP contribution in [0.1, 0.15) is 44.1 Å². The Morgan fingerprint density at radius 2 is 1.76 bits per heavy atom. The zero-order valence-electron chi connectivity index (χ0n) is 10.4. The zero-order chi connectivity index (χ0) is 12.1. The van der Waals surface area contributed by atoms with Gasteiger partial charge in [-0.3, -0.25) is 0 Å². The van der Waals surface area contributed by atoms with Crippen LogP contribution in [0, 0.1) is 5.92 Å². The molecular weight excluding hydrogens is 274 g/mol. The summed E-state index contributed by atoms with van der Waals surface area (Å²) in [6.45, 7) is 0. The highest BCUT2D eigenvalue weighted by Gasteiger charge is 2.20. The maximum absolute atomic E-state index is 6.40. The highest BCUT2D eigenvalue weighted by molar-refractivity contribution is 9.10. The van der Waals surface area contributed by atoms with Gasteiger partial charge in [0.1, 0.15) is 0 Å². The van der Waals surface area contributed by atoms with Gasteiger partial charge < -0.3 is 5.73 Å². The van der Waals surface area contributed by atoms with Crippen molar-refractivity contribution in [2.24, 2.45) is 11.7 Å². The highest BCUT2D eigenvalue weighted by atomic mass is 79.9. The van der Waals surface area contributed by atoms with E-state index in [0.29, 0.717) is 6.04 Å². The molecule has 1 aliphatic carbocycles. The lowest BCUT2D eigenvalue weighted by Crippen LogP contribution is -2.32. The summed E-state index contributed by atoms with van der Waals surface area (Å²) in [5.74, 6) is 0.726. The lowest BCUT2D eigenvalue weighted by atomic mass is 9.88. The van der Waals surface area contributed by atoms with E-state index in [0.717, 1.165) is 12.3 Å². The van der Waals surface area contributed by atoms with E-state index in [-0.39, 0.29) is 0 Å². The standard InChI is InChI=1S/C15H22BrN/c16-14-10-6-5-9-13(14)11-15(17)12-7-3-1-2-4-8-12/h5-6,9-10,12,15H,1-4,7-8,11,17H2. The van der Waals surface area contributed by atoms with Gasteiger partial charge in [-0.15, -0.1) is 0 Å². The molecule has 0 bridgehead atoms. The van der Waals surface area contributed by atoms with Gasteiger partial charge in [0.05, 0.1) is 0 Å². The molecule has 1 atom stereocenters. The molecule has 0 aromatic heterocycles. The first kappa shape index (κ1) is 13.1. The Hall–Kier alpha value is -0.340. The molecular formula is C15H22BrN. The third-order valence-corrected chi connectivity index (χ3v) is 4.69. The van der Waals surface area contributed by atoms with Crippen LogP contribution in [0.25, 0.3) is 0 Å². The van der Waals surface area contributed by atoms with Gasteiger partial charge in [0.25, 0.3) is 0 Å². The predicted octanol–water partition coefficient (Wildman–Crippen LogP) is 4.29. The van der Waals surface area contributed by atoms with Crippen LogP contribution >= 0.6 is 15.9 Å². The first-order valence-electron chi connectivity index (χ1n) is 6.76. The van der Waals surface area contributed by atoms with Gasteiger partial charge in [-0.2, -0.15) is 0 Å². The summed E-state index contributed by atoms with van der Waals surface area (Å²) in [7, 11) is 0. The van der Waals surface area contributed by atoms with Crippen molar-refractivity contribution in [2.45, 2.75) is 51.0 Å². The van der Waals surface area contributed by atoms with E-state index in [4.69, 9.17) is 5.73 Å². The summed E-state index contributed by atoms with van der Waals surface area (Å²) >= 11 is 3.61. The molecule has 0 saturated heterocycles. The molecule has 1 aliphatic rings. The molecule has 2 rings (SSSR count). The Kier molecular flexibility index (Phi) is 5.05. The fourth-order valence-electron chi connectivity index (χ4n) is 2.82. The van der Waals surface area contributed by atoms with Gasteiger partial charge in [0.2, 0.25) is 0 Å². The van der Waals surface area contributed by atoms with Crippen LogP contribution in [0.4, 0.5) is 0 Å². The van der Waals surface area contributed by atoms with E-state index in [9.17, 15) is 0 Å². The Bertz CT molecular complexity index is 343. The second-order valence-corrected chi connectivity index (χ2v) is 6.07. The number of hydrogen-bond acceptors (Lipinski definition) is 1. The summed E-state index contributed by atoms with van der Waals surface area (Å²) in [6, 6.07) is 8.77. The molecule has 2 heteroatoms. The molecule has 0 radical (unpaired) electrons. The van der Waals surface area contributed by atoms with E-state index < -0.39 is 0 Å². The quantitative estimate of drug-likeness (QED) is 0.827. The fourth-order valence-corrected chi connectivity index (χ4v) is 3.27. The maximum Gasteiger partial charge on any atom is 0.0207 e. The van der Waals surface area contributed by atoms with Crippen LogP contribution in [-0.4, -0.2) is 6.04 Å². The Labute approximate surface area is 113 Å². The van der Waals surface area contributed by atoms with Crippen LogP contribution in [0.2, 0.25) is 0 Å². The van der Waals surface area contributed by atoms with Crippen molar-refractivity contribution in [1.29, 1.82) is 0 Å². The monoisotopic (exact) mass is 295 g/mol. The summed E-state index contributed by atoms with van der Waals surface area (Å²) in [5.41, 5.74) is 7.75. The second kappa shape index (κ2) is 6.55. The average molecular weight is 296 g/mol. The first-order chi connectivity index (χ1) is 8.27. The minimum Gasteiger partial charge on any atom is -0.327 e. The molecule has 1 unspecified atom stereocenters. The predicted molar refractivity (Wildman–Crippen MR) is 77.0 cm³/mol. The molecule has 0 aliphatic heterocycles. The van der Waals surface area contributed by atoms with Gasteiger partial charge in [-0.05, 0) is 36.8 Å². The molecule has 1 nitrogen and oxygen atoms in total. The van der Waals surface area contributed by atoms with Crippen LogP contribution in [0.5, 0.6) is 0 Å². The molecule has 1 aromatic carbocycles. The summed E-state index contributed by atoms with van der Waals surface area (Å²) in [6.07, 6.45) is 9.20. The van der Waals surface area contributed by atoms with E-state index in [1.54, 1.807) is 0 Å². The minimum atomic E-state index is 0.326. The molecule has 0 spiro atoms. The van der Waals surface area contributed by atoms with Crippen molar-refractivity contribution in [2.75, 3.05) is 0 Å². The molecule has 1 fully saturated rings.